The first-order chi connectivity index (χ1) is 8.69. The van der Waals surface area contributed by atoms with Gasteiger partial charge in [-0.05, 0) is 35.8 Å². The van der Waals surface area contributed by atoms with E-state index < -0.39 is 0 Å². The Kier molecular flexibility index (Phi) is 8.40. The van der Waals surface area contributed by atoms with Gasteiger partial charge in [0, 0.05) is 8.41 Å². The Morgan fingerprint density at radius 1 is 1.30 bits per heavy atom. The van der Waals surface area contributed by atoms with E-state index in [2.05, 4.69) is 41.5 Å². The van der Waals surface area contributed by atoms with Gasteiger partial charge in [0.2, 0.25) is 0 Å². The minimum absolute atomic E-state index is 0. The van der Waals surface area contributed by atoms with E-state index in [9.17, 15) is 4.79 Å². The molecule has 1 fully saturated rings. The molecule has 0 aromatic carbocycles. The lowest BCUT2D eigenvalue weighted by atomic mass is 9.75. The van der Waals surface area contributed by atoms with Crippen molar-refractivity contribution in [3.8, 4) is 0 Å². The van der Waals surface area contributed by atoms with Gasteiger partial charge in [0.05, 0.1) is 6.16 Å². The van der Waals surface area contributed by atoms with Crippen molar-refractivity contribution in [1.82, 2.24) is 0 Å². The third-order valence-corrected chi connectivity index (χ3v) is 5.53. The number of carbonyl (C=O) groups is 1. The Hall–Kier alpha value is -0.0351. The molecular weight excluding hydrogens is 266 g/mol. The molecular formula is C16H31BO2P. The van der Waals surface area contributed by atoms with E-state index in [1.54, 1.807) is 0 Å². The molecule has 0 aliphatic heterocycles. The fourth-order valence-electron chi connectivity index (χ4n) is 2.80. The highest BCUT2D eigenvalue weighted by atomic mass is 31.1. The minimum atomic E-state index is 0. The lowest BCUT2D eigenvalue weighted by Gasteiger charge is -2.36. The van der Waals surface area contributed by atoms with E-state index in [0.717, 1.165) is 6.42 Å². The Labute approximate surface area is 129 Å². The summed E-state index contributed by atoms with van der Waals surface area (Å²) in [4.78, 5) is 12.0. The average Bonchev–Trinajstić information content (AvgIpc) is 2.25. The van der Waals surface area contributed by atoms with E-state index >= 15 is 0 Å². The smallest absolute Gasteiger partial charge is 0.310 e. The lowest BCUT2D eigenvalue weighted by molar-refractivity contribution is -0.152. The van der Waals surface area contributed by atoms with Crippen molar-refractivity contribution < 1.29 is 9.53 Å². The zero-order valence-electron chi connectivity index (χ0n) is 14.0. The Morgan fingerprint density at radius 2 is 1.90 bits per heavy atom. The van der Waals surface area contributed by atoms with Gasteiger partial charge in [-0.25, -0.2) is 0 Å². The molecule has 0 aromatic heterocycles. The molecule has 0 spiro atoms. The average molecular weight is 297 g/mol. The predicted octanol–water partition coefficient (Wildman–Crippen LogP) is 4.09. The molecule has 4 atom stereocenters. The van der Waals surface area contributed by atoms with Crippen LogP contribution in [0.5, 0.6) is 0 Å². The highest BCUT2D eigenvalue weighted by Gasteiger charge is 2.33. The first kappa shape index (κ1) is 20.0. The molecule has 1 aliphatic carbocycles. The maximum atomic E-state index is 12.0. The van der Waals surface area contributed by atoms with Gasteiger partial charge in [0.15, 0.2) is 0 Å². The zero-order valence-corrected chi connectivity index (χ0v) is 15.0. The van der Waals surface area contributed by atoms with Crippen LogP contribution in [0.25, 0.3) is 0 Å². The summed E-state index contributed by atoms with van der Waals surface area (Å²) in [6, 6.07) is 0. The van der Waals surface area contributed by atoms with Crippen LogP contribution in [0.15, 0.2) is 0 Å². The molecule has 0 aromatic rings. The van der Waals surface area contributed by atoms with Crippen LogP contribution >= 0.6 is 8.58 Å². The lowest BCUT2D eigenvalue weighted by Crippen LogP contribution is -2.36. The normalized spacial score (nSPS) is 27.6. The molecule has 4 heteroatoms. The third-order valence-electron chi connectivity index (χ3n) is 4.01. The Bertz CT molecular complexity index is 299. The summed E-state index contributed by atoms with van der Waals surface area (Å²) >= 11 is 0. The molecule has 1 rings (SSSR count). The molecule has 115 valence electrons. The van der Waals surface area contributed by atoms with Gasteiger partial charge in [-0.15, -0.1) is 8.58 Å². The Balaban J connectivity index is 0.00000361. The second-order valence-corrected chi connectivity index (χ2v) is 9.67. The number of hydrogen-bond acceptors (Lipinski definition) is 2. The second kappa shape index (κ2) is 8.42. The Morgan fingerprint density at radius 3 is 2.40 bits per heavy atom. The summed E-state index contributed by atoms with van der Waals surface area (Å²) in [6.07, 6.45) is 4.27. The number of hydrogen-bond donors (Lipinski definition) is 0. The highest BCUT2D eigenvalue weighted by molar-refractivity contribution is 7.41. The van der Waals surface area contributed by atoms with Crippen LogP contribution in [0.3, 0.4) is 0 Å². The van der Waals surface area contributed by atoms with Crippen LogP contribution in [0.2, 0.25) is 0 Å². The van der Waals surface area contributed by atoms with Crippen molar-refractivity contribution in [2.24, 2.45) is 17.8 Å². The second-order valence-electron chi connectivity index (χ2n) is 7.46. The van der Waals surface area contributed by atoms with Gasteiger partial charge < -0.3 is 4.74 Å². The van der Waals surface area contributed by atoms with Gasteiger partial charge in [-0.2, -0.15) is 0 Å². The molecule has 0 N–H and O–H groups in total. The summed E-state index contributed by atoms with van der Waals surface area (Å²) in [5, 5.41) is 0.232. The number of rotatable bonds is 4. The summed E-state index contributed by atoms with van der Waals surface area (Å²) in [6.45, 7) is 13.3. The van der Waals surface area contributed by atoms with Crippen LogP contribution in [0, 0.1) is 17.8 Å². The van der Waals surface area contributed by atoms with Crippen molar-refractivity contribution in [3.63, 3.8) is 0 Å². The minimum Gasteiger partial charge on any atom is -0.462 e. The van der Waals surface area contributed by atoms with Crippen LogP contribution in [-0.2, 0) is 9.53 Å². The van der Waals surface area contributed by atoms with Crippen LogP contribution in [0.1, 0.15) is 60.8 Å². The van der Waals surface area contributed by atoms with E-state index in [4.69, 9.17) is 4.74 Å². The maximum absolute atomic E-state index is 12.0. The molecule has 0 heterocycles. The number of carbonyl (C=O) groups excluding carboxylic acids is 1. The molecule has 0 saturated heterocycles. The molecule has 3 radical (unpaired) electrons. The summed E-state index contributed by atoms with van der Waals surface area (Å²) in [5.74, 6) is 1.87. The molecule has 0 amide bonds. The predicted molar refractivity (Wildman–Crippen MR) is 89.9 cm³/mol. The van der Waals surface area contributed by atoms with E-state index in [0.29, 0.717) is 32.5 Å². The molecule has 1 saturated carbocycles. The van der Waals surface area contributed by atoms with Gasteiger partial charge in [-0.1, -0.05) is 48.0 Å². The molecule has 0 bridgehead atoms. The van der Waals surface area contributed by atoms with Crippen LogP contribution in [0.4, 0.5) is 0 Å². The monoisotopic (exact) mass is 297 g/mol. The molecule has 1 aliphatic rings. The van der Waals surface area contributed by atoms with E-state index in [-0.39, 0.29) is 25.6 Å². The quantitative estimate of drug-likeness (QED) is 0.444. The third kappa shape index (κ3) is 7.11. The first-order valence-electron chi connectivity index (χ1n) is 7.63. The summed E-state index contributed by atoms with van der Waals surface area (Å²) in [5.41, 5.74) is 0. The SMILES string of the molecule is CC(C)[C@H]1CC[C@H](C)C[C@@H]1OC(=O)CPC(C)(C)C.[B]. The number of esters is 1. The largest absolute Gasteiger partial charge is 0.462 e. The van der Waals surface area contributed by atoms with Gasteiger partial charge in [0.1, 0.15) is 6.10 Å². The van der Waals surface area contributed by atoms with Crippen molar-refractivity contribution in [2.75, 3.05) is 6.16 Å². The van der Waals surface area contributed by atoms with Crippen molar-refractivity contribution in [1.29, 1.82) is 0 Å². The van der Waals surface area contributed by atoms with Gasteiger partial charge in [-0.3, -0.25) is 4.79 Å². The molecule has 1 unspecified atom stereocenters. The number of ether oxygens (including phenoxy) is 1. The van der Waals surface area contributed by atoms with Crippen molar-refractivity contribution in [2.45, 2.75) is 72.1 Å². The van der Waals surface area contributed by atoms with E-state index in [1.165, 1.54) is 12.8 Å². The summed E-state index contributed by atoms with van der Waals surface area (Å²) < 4.78 is 5.80. The summed E-state index contributed by atoms with van der Waals surface area (Å²) in [7, 11) is 0.649. The molecule has 2 nitrogen and oxygen atoms in total. The van der Waals surface area contributed by atoms with Gasteiger partial charge >= 0.3 is 5.97 Å². The van der Waals surface area contributed by atoms with Crippen molar-refractivity contribution in [3.05, 3.63) is 0 Å². The van der Waals surface area contributed by atoms with E-state index in [1.807, 2.05) is 0 Å². The highest BCUT2D eigenvalue weighted by Crippen LogP contribution is 2.36. The van der Waals surface area contributed by atoms with Crippen molar-refractivity contribution >= 4 is 23.0 Å². The standard InChI is InChI=1S/C16H31O2P.B/c1-11(2)13-8-7-12(3)9-14(13)18-15(17)10-19-16(4,5)6;/h11-14,19H,7-10H2,1-6H3;/t12-,13+,14-;/m0./s1. The fraction of sp³-hybridized carbons (Fsp3) is 0.938. The fourth-order valence-corrected chi connectivity index (χ4v) is 3.56. The van der Waals surface area contributed by atoms with Crippen LogP contribution in [-0.4, -0.2) is 31.8 Å². The van der Waals surface area contributed by atoms with Gasteiger partial charge in [0.25, 0.3) is 0 Å². The molecule has 20 heavy (non-hydrogen) atoms. The maximum Gasteiger partial charge on any atom is 0.310 e. The first-order valence-corrected chi connectivity index (χ1v) is 8.84. The zero-order chi connectivity index (χ0) is 14.6. The topological polar surface area (TPSA) is 26.3 Å². The van der Waals surface area contributed by atoms with Crippen LogP contribution < -0.4 is 0 Å².